The second kappa shape index (κ2) is 4.96. The Hall–Kier alpha value is -0.580. The Bertz CT molecular complexity index is 338. The number of rotatable bonds is 3. The zero-order valence-electron chi connectivity index (χ0n) is 8.15. The summed E-state index contributed by atoms with van der Waals surface area (Å²) < 4.78 is 18.9. The number of ether oxygens (including phenoxy) is 1. The van der Waals surface area contributed by atoms with Crippen molar-refractivity contribution in [2.75, 3.05) is 0 Å². The minimum absolute atomic E-state index is 1.68. The van der Waals surface area contributed by atoms with E-state index in [1.807, 2.05) is 0 Å². The molecule has 1 aliphatic heterocycles. The number of aliphatic carboxylic acids is 1. The van der Waals surface area contributed by atoms with Crippen molar-refractivity contribution in [2.45, 2.75) is 30.7 Å². The number of phosphoric ester groups is 1. The Morgan fingerprint density at radius 2 is 1.65 bits per heavy atom. The number of aliphatic hydroxyl groups excluding tert-OH is 3. The number of phosphoric acid groups is 1. The van der Waals surface area contributed by atoms with E-state index in [9.17, 15) is 24.7 Å². The van der Waals surface area contributed by atoms with Gasteiger partial charge in [0, 0.05) is 0 Å². The van der Waals surface area contributed by atoms with Crippen LogP contribution in [-0.4, -0.2) is 66.9 Å². The van der Waals surface area contributed by atoms with Crippen LogP contribution >= 0.6 is 7.82 Å². The van der Waals surface area contributed by atoms with Crippen molar-refractivity contribution in [1.29, 1.82) is 0 Å². The second-order valence-electron chi connectivity index (χ2n) is 3.33. The number of carbonyl (C=O) groups is 1. The largest absolute Gasteiger partial charge is 0.479 e. The van der Waals surface area contributed by atoms with Gasteiger partial charge in [-0.1, -0.05) is 0 Å². The molecule has 1 fully saturated rings. The molecule has 0 spiro atoms. The average molecular weight is 274 g/mol. The lowest BCUT2D eigenvalue weighted by molar-refractivity contribution is -0.274. The molecule has 0 aromatic carbocycles. The zero-order valence-corrected chi connectivity index (χ0v) is 9.04. The number of aliphatic hydroxyl groups is 3. The van der Waals surface area contributed by atoms with E-state index < -0.39 is 44.5 Å². The van der Waals surface area contributed by atoms with Crippen molar-refractivity contribution in [3.63, 3.8) is 0 Å². The van der Waals surface area contributed by atoms with E-state index in [2.05, 4.69) is 9.26 Å². The van der Waals surface area contributed by atoms with E-state index in [-0.39, 0.29) is 0 Å². The molecule has 0 aliphatic carbocycles. The van der Waals surface area contributed by atoms with Crippen LogP contribution in [0.25, 0.3) is 0 Å². The van der Waals surface area contributed by atoms with Gasteiger partial charge in [0.15, 0.2) is 12.4 Å². The molecule has 10 nitrogen and oxygen atoms in total. The summed E-state index contributed by atoms with van der Waals surface area (Å²) in [5.74, 6) is -1.68. The van der Waals surface area contributed by atoms with Crippen LogP contribution in [0.2, 0.25) is 0 Å². The summed E-state index contributed by atoms with van der Waals surface area (Å²) >= 11 is 0. The van der Waals surface area contributed by atoms with E-state index in [1.165, 1.54) is 0 Å². The topological polar surface area (TPSA) is 174 Å². The van der Waals surface area contributed by atoms with Crippen LogP contribution in [0.1, 0.15) is 0 Å². The first kappa shape index (κ1) is 14.5. The van der Waals surface area contributed by atoms with Gasteiger partial charge in [-0.25, -0.2) is 9.36 Å². The van der Waals surface area contributed by atoms with E-state index in [0.29, 0.717) is 0 Å². The van der Waals surface area contributed by atoms with Crippen molar-refractivity contribution in [1.82, 2.24) is 0 Å². The fourth-order valence-corrected chi connectivity index (χ4v) is 1.72. The molecule has 0 aromatic rings. The second-order valence-corrected chi connectivity index (χ2v) is 4.52. The highest BCUT2D eigenvalue weighted by atomic mass is 31.2. The maximum absolute atomic E-state index is 10.6. The van der Waals surface area contributed by atoms with Gasteiger partial charge in [0.05, 0.1) is 0 Å². The van der Waals surface area contributed by atoms with Gasteiger partial charge < -0.3 is 34.9 Å². The minimum Gasteiger partial charge on any atom is -0.479 e. The summed E-state index contributed by atoms with van der Waals surface area (Å²) in [4.78, 5) is 27.5. The Labute approximate surface area is 94.3 Å². The van der Waals surface area contributed by atoms with E-state index in [4.69, 9.17) is 14.9 Å². The van der Waals surface area contributed by atoms with E-state index >= 15 is 0 Å². The van der Waals surface area contributed by atoms with Gasteiger partial charge in [0.25, 0.3) is 0 Å². The summed E-state index contributed by atoms with van der Waals surface area (Å²) in [5.41, 5.74) is 0. The summed E-state index contributed by atoms with van der Waals surface area (Å²) in [6.07, 6.45) is -9.94. The maximum atomic E-state index is 10.6. The minimum atomic E-state index is -5.05. The van der Waals surface area contributed by atoms with Crippen molar-refractivity contribution in [2.24, 2.45) is 0 Å². The van der Waals surface area contributed by atoms with Crippen LogP contribution in [0.4, 0.5) is 0 Å². The Morgan fingerprint density at radius 1 is 1.12 bits per heavy atom. The van der Waals surface area contributed by atoms with E-state index in [0.717, 1.165) is 0 Å². The molecule has 5 atom stereocenters. The highest BCUT2D eigenvalue weighted by Gasteiger charge is 2.49. The summed E-state index contributed by atoms with van der Waals surface area (Å²) in [6.45, 7) is 0. The normalized spacial score (nSPS) is 39.0. The molecule has 0 amide bonds. The van der Waals surface area contributed by atoms with Gasteiger partial charge in [0.1, 0.15) is 18.3 Å². The molecule has 1 rings (SSSR count). The molecule has 11 heteroatoms. The maximum Gasteiger partial charge on any atom is 0.472 e. The molecule has 100 valence electrons. The monoisotopic (exact) mass is 274 g/mol. The standard InChI is InChI=1S/C6H11O10P/c7-1-2(8)4(5(10)11)15-6(3(1)9)16-17(12,13)14/h1-4,6-9H,(H,10,11)(H2,12,13,14)/t1-,2-,3+,4+,6+/m1/s1. The molecule has 0 saturated carbocycles. The van der Waals surface area contributed by atoms with Gasteiger partial charge in [-0.2, -0.15) is 0 Å². The molecule has 1 aliphatic rings. The first-order chi connectivity index (χ1) is 7.63. The van der Waals surface area contributed by atoms with E-state index in [1.54, 1.807) is 0 Å². The fourth-order valence-electron chi connectivity index (χ4n) is 1.27. The van der Waals surface area contributed by atoms with Crippen LogP contribution in [0.15, 0.2) is 0 Å². The average Bonchev–Trinajstić information content (AvgIpc) is 2.16. The third-order valence-electron chi connectivity index (χ3n) is 2.05. The summed E-state index contributed by atoms with van der Waals surface area (Å²) in [6, 6.07) is 0. The molecule has 1 heterocycles. The summed E-state index contributed by atoms with van der Waals surface area (Å²) in [5, 5.41) is 36.4. The number of hydrogen-bond donors (Lipinski definition) is 6. The van der Waals surface area contributed by atoms with Gasteiger partial charge in [-0.15, -0.1) is 0 Å². The zero-order chi connectivity index (χ0) is 13.4. The van der Waals surface area contributed by atoms with Crippen LogP contribution < -0.4 is 0 Å². The molecule has 6 N–H and O–H groups in total. The predicted octanol–water partition coefficient (Wildman–Crippen LogP) is -3.01. The Morgan fingerprint density at radius 3 is 2.06 bits per heavy atom. The number of carboxylic acids is 1. The van der Waals surface area contributed by atoms with Crippen molar-refractivity contribution >= 4 is 13.8 Å². The summed E-state index contributed by atoms with van der Waals surface area (Å²) in [7, 11) is -5.05. The first-order valence-corrected chi connectivity index (χ1v) is 5.83. The third kappa shape index (κ3) is 3.44. The molecular weight excluding hydrogens is 263 g/mol. The van der Waals surface area contributed by atoms with Crippen molar-refractivity contribution in [3.8, 4) is 0 Å². The lowest BCUT2D eigenvalue weighted by Gasteiger charge is -2.38. The molecule has 0 bridgehead atoms. The van der Waals surface area contributed by atoms with Crippen LogP contribution in [0.3, 0.4) is 0 Å². The molecule has 17 heavy (non-hydrogen) atoms. The lowest BCUT2D eigenvalue weighted by atomic mass is 9.99. The first-order valence-electron chi connectivity index (χ1n) is 4.30. The van der Waals surface area contributed by atoms with Crippen molar-refractivity contribution in [3.05, 3.63) is 0 Å². The third-order valence-corrected chi connectivity index (χ3v) is 2.54. The Balaban J connectivity index is 2.85. The van der Waals surface area contributed by atoms with Crippen molar-refractivity contribution < 1.29 is 48.8 Å². The highest BCUT2D eigenvalue weighted by Crippen LogP contribution is 2.40. The van der Waals surface area contributed by atoms with Gasteiger partial charge >= 0.3 is 13.8 Å². The number of hydrogen-bond acceptors (Lipinski definition) is 7. The fraction of sp³-hybridized carbons (Fsp3) is 0.833. The Kier molecular flexibility index (Phi) is 4.23. The number of carboxylic acid groups (broad SMARTS) is 1. The molecule has 0 radical (unpaired) electrons. The predicted molar refractivity (Wildman–Crippen MR) is 47.4 cm³/mol. The van der Waals surface area contributed by atoms with Gasteiger partial charge in [-0.3, -0.25) is 4.52 Å². The van der Waals surface area contributed by atoms with Gasteiger partial charge in [-0.05, 0) is 0 Å². The quantitative estimate of drug-likeness (QED) is 0.291. The molecule has 0 unspecified atom stereocenters. The SMILES string of the molecule is O=C(O)[C@H]1O[C@@H](OP(=O)(O)O)[C@@H](O)[C@H](O)[C@H]1O. The van der Waals surface area contributed by atoms with Crippen LogP contribution in [0, 0.1) is 0 Å². The molecule has 1 saturated heterocycles. The lowest BCUT2D eigenvalue weighted by Crippen LogP contribution is -2.60. The highest BCUT2D eigenvalue weighted by molar-refractivity contribution is 7.46. The van der Waals surface area contributed by atoms with Crippen LogP contribution in [-0.2, 0) is 18.6 Å². The van der Waals surface area contributed by atoms with Gasteiger partial charge in [0.2, 0.25) is 0 Å². The molecule has 0 aromatic heterocycles. The molecular formula is C6H11O10P. The smallest absolute Gasteiger partial charge is 0.472 e. The van der Waals surface area contributed by atoms with Crippen LogP contribution in [0.5, 0.6) is 0 Å².